The van der Waals surface area contributed by atoms with Gasteiger partial charge in [-0.3, -0.25) is 9.59 Å². The molecular weight excluding hydrogens is 404 g/mol. The molecule has 5 saturated carbocycles. The van der Waals surface area contributed by atoms with Gasteiger partial charge in [-0.25, -0.2) is 0 Å². The molecule has 1 N–H and O–H groups in total. The van der Waals surface area contributed by atoms with Crippen molar-refractivity contribution in [2.24, 2.45) is 34.0 Å². The molecule has 0 amide bonds. The van der Waals surface area contributed by atoms with Crippen LogP contribution in [0.1, 0.15) is 78.6 Å². The maximum atomic E-state index is 12.3. The Balaban J connectivity index is 1.76. The molecule has 178 valence electrons. The molecule has 5 heteroatoms. The Morgan fingerprint density at radius 1 is 1.00 bits per heavy atom. The van der Waals surface area contributed by atoms with E-state index in [-0.39, 0.29) is 40.0 Å². The van der Waals surface area contributed by atoms with Crippen LogP contribution in [0.25, 0.3) is 0 Å². The standard InChI is InChI=1S/C27H40O5/c1-6-23(29)31-15-25(5)10-8-11-26(16-32-24(30)7-2)20(25)14-22(28)27-12-9-19(13-21(26)27)17(3)18(27)4/h19-22,28H,3-4,6-16H2,1-2,5H3/t19-,20?,21?,22+,25-,26-,27+/m0/s1. The number of hydrogen-bond acceptors (Lipinski definition) is 5. The molecule has 1 spiro atoms. The number of esters is 2. The summed E-state index contributed by atoms with van der Waals surface area (Å²) in [6.45, 7) is 15.4. The molecule has 0 heterocycles. The minimum atomic E-state index is -0.502. The van der Waals surface area contributed by atoms with Crippen LogP contribution in [0.3, 0.4) is 0 Å². The first kappa shape index (κ1) is 23.5. The lowest BCUT2D eigenvalue weighted by atomic mass is 9.35. The molecule has 0 radical (unpaired) electrons. The highest BCUT2D eigenvalue weighted by Gasteiger charge is 2.69. The first-order valence-electron chi connectivity index (χ1n) is 12.5. The van der Waals surface area contributed by atoms with Crippen molar-refractivity contribution in [1.82, 2.24) is 0 Å². The van der Waals surface area contributed by atoms with Gasteiger partial charge in [-0.05, 0) is 67.4 Å². The van der Waals surface area contributed by atoms with Gasteiger partial charge in [0.15, 0.2) is 0 Å². The Morgan fingerprint density at radius 3 is 2.31 bits per heavy atom. The van der Waals surface area contributed by atoms with Crippen molar-refractivity contribution in [3.8, 4) is 0 Å². The molecule has 7 atom stereocenters. The fourth-order valence-electron chi connectivity index (χ4n) is 8.11. The molecule has 0 aliphatic heterocycles. The van der Waals surface area contributed by atoms with Gasteiger partial charge in [0.2, 0.25) is 0 Å². The van der Waals surface area contributed by atoms with Crippen LogP contribution >= 0.6 is 0 Å². The number of aliphatic hydroxyl groups excluding tert-OH is 1. The van der Waals surface area contributed by atoms with Crippen LogP contribution in [0.4, 0.5) is 0 Å². The predicted molar refractivity (Wildman–Crippen MR) is 123 cm³/mol. The van der Waals surface area contributed by atoms with E-state index in [1.165, 1.54) is 0 Å². The number of carbonyl (C=O) groups excluding carboxylic acids is 2. The zero-order valence-corrected chi connectivity index (χ0v) is 20.1. The van der Waals surface area contributed by atoms with Crippen LogP contribution in [0.15, 0.2) is 24.3 Å². The highest BCUT2D eigenvalue weighted by molar-refractivity contribution is 5.69. The highest BCUT2D eigenvalue weighted by Crippen LogP contribution is 2.73. The Hall–Kier alpha value is -1.62. The van der Waals surface area contributed by atoms with Gasteiger partial charge in [0.1, 0.15) is 0 Å². The molecule has 2 unspecified atom stereocenters. The fraction of sp³-hybridized carbons (Fsp3) is 0.778. The number of allylic oxidation sites excluding steroid dienone is 1. The van der Waals surface area contributed by atoms with E-state index < -0.39 is 6.10 Å². The van der Waals surface area contributed by atoms with Crippen molar-refractivity contribution in [3.63, 3.8) is 0 Å². The molecule has 32 heavy (non-hydrogen) atoms. The third-order valence-corrected chi connectivity index (χ3v) is 9.81. The average molecular weight is 445 g/mol. The van der Waals surface area contributed by atoms with Crippen molar-refractivity contribution in [2.75, 3.05) is 13.2 Å². The first-order valence-corrected chi connectivity index (χ1v) is 12.5. The number of aliphatic hydroxyl groups is 1. The van der Waals surface area contributed by atoms with E-state index in [0.29, 0.717) is 38.4 Å². The lowest BCUT2D eigenvalue weighted by Gasteiger charge is -2.70. The number of fused-ring (bicyclic) bond motifs is 3. The Morgan fingerprint density at radius 2 is 1.66 bits per heavy atom. The number of ether oxygens (including phenoxy) is 2. The van der Waals surface area contributed by atoms with E-state index in [4.69, 9.17) is 9.47 Å². The van der Waals surface area contributed by atoms with Gasteiger partial charge in [-0.2, -0.15) is 0 Å². The summed E-state index contributed by atoms with van der Waals surface area (Å²) in [5.41, 5.74) is 1.28. The Bertz CT molecular complexity index is 817. The average Bonchev–Trinajstić information content (AvgIpc) is 2.80. The second-order valence-corrected chi connectivity index (χ2v) is 11.1. The zero-order chi connectivity index (χ0) is 23.3. The summed E-state index contributed by atoms with van der Waals surface area (Å²) < 4.78 is 11.6. The predicted octanol–water partition coefficient (Wildman–Crippen LogP) is 4.98. The van der Waals surface area contributed by atoms with Gasteiger partial charge < -0.3 is 14.6 Å². The lowest BCUT2D eigenvalue weighted by Crippen LogP contribution is -2.68. The Labute approximate surface area is 192 Å². The molecule has 0 aromatic carbocycles. The van der Waals surface area contributed by atoms with Gasteiger partial charge in [0.05, 0.1) is 19.3 Å². The molecule has 5 nitrogen and oxygen atoms in total. The normalized spacial score (nSPS) is 42.8. The summed E-state index contributed by atoms with van der Waals surface area (Å²) in [5, 5.41) is 11.7. The quantitative estimate of drug-likeness (QED) is 0.585. The van der Waals surface area contributed by atoms with Crippen LogP contribution in [-0.2, 0) is 19.1 Å². The molecule has 5 fully saturated rings. The summed E-state index contributed by atoms with van der Waals surface area (Å²) in [4.78, 5) is 24.3. The van der Waals surface area contributed by atoms with Crippen molar-refractivity contribution >= 4 is 11.9 Å². The summed E-state index contributed by atoms with van der Waals surface area (Å²) in [6.07, 6.45) is 6.70. The minimum Gasteiger partial charge on any atom is -0.465 e. The van der Waals surface area contributed by atoms with Crippen LogP contribution < -0.4 is 0 Å². The maximum Gasteiger partial charge on any atom is 0.305 e. The fourth-order valence-corrected chi connectivity index (χ4v) is 8.11. The molecule has 0 saturated heterocycles. The second kappa shape index (κ2) is 8.30. The van der Waals surface area contributed by atoms with Gasteiger partial charge in [0, 0.05) is 29.1 Å². The summed E-state index contributed by atoms with van der Waals surface area (Å²) in [7, 11) is 0. The molecule has 0 aromatic heterocycles. The van der Waals surface area contributed by atoms with Crippen molar-refractivity contribution in [1.29, 1.82) is 0 Å². The zero-order valence-electron chi connectivity index (χ0n) is 20.1. The Kier molecular flexibility index (Phi) is 6.11. The van der Waals surface area contributed by atoms with Gasteiger partial charge in [-0.1, -0.05) is 40.3 Å². The summed E-state index contributed by atoms with van der Waals surface area (Å²) in [5.74, 6) is 0.349. The monoisotopic (exact) mass is 444 g/mol. The number of hydrogen-bond donors (Lipinski definition) is 1. The molecule has 5 aliphatic carbocycles. The third-order valence-electron chi connectivity index (χ3n) is 9.81. The molecular formula is C27H40O5. The molecule has 5 rings (SSSR count). The number of carbonyl (C=O) groups is 2. The van der Waals surface area contributed by atoms with Crippen LogP contribution in [0.2, 0.25) is 0 Å². The molecule has 5 aliphatic rings. The van der Waals surface area contributed by atoms with Crippen molar-refractivity contribution in [3.05, 3.63) is 24.3 Å². The minimum absolute atomic E-state index is 0.115. The SMILES string of the molecule is C=C1C(=C)[C@]23CC[C@H]1CC2[C@]1(COC(=O)CC)CCC[C@@](C)(COC(=O)CC)C1C[C@H]3O. The van der Waals surface area contributed by atoms with Crippen LogP contribution in [0, 0.1) is 34.0 Å². The van der Waals surface area contributed by atoms with E-state index in [2.05, 4.69) is 20.1 Å². The lowest BCUT2D eigenvalue weighted by molar-refractivity contribution is -0.232. The van der Waals surface area contributed by atoms with Crippen molar-refractivity contribution < 1.29 is 24.2 Å². The van der Waals surface area contributed by atoms with Gasteiger partial charge in [-0.15, -0.1) is 0 Å². The van der Waals surface area contributed by atoms with E-state index >= 15 is 0 Å². The van der Waals surface area contributed by atoms with Crippen LogP contribution in [-0.4, -0.2) is 36.4 Å². The first-order chi connectivity index (χ1) is 15.1. The largest absolute Gasteiger partial charge is 0.465 e. The molecule has 2 bridgehead atoms. The second-order valence-electron chi connectivity index (χ2n) is 11.1. The summed E-state index contributed by atoms with van der Waals surface area (Å²) in [6, 6.07) is 0. The smallest absolute Gasteiger partial charge is 0.305 e. The van der Waals surface area contributed by atoms with Gasteiger partial charge in [0.25, 0.3) is 0 Å². The van der Waals surface area contributed by atoms with E-state index in [1.807, 2.05) is 13.8 Å². The van der Waals surface area contributed by atoms with Gasteiger partial charge >= 0.3 is 11.9 Å². The number of rotatable bonds is 6. The maximum absolute atomic E-state index is 12.3. The highest BCUT2D eigenvalue weighted by atomic mass is 16.5. The molecule has 0 aromatic rings. The van der Waals surface area contributed by atoms with E-state index in [1.54, 1.807) is 0 Å². The van der Waals surface area contributed by atoms with E-state index in [9.17, 15) is 14.7 Å². The third kappa shape index (κ3) is 3.29. The topological polar surface area (TPSA) is 72.8 Å². The van der Waals surface area contributed by atoms with Crippen molar-refractivity contribution in [2.45, 2.75) is 84.7 Å². The van der Waals surface area contributed by atoms with E-state index in [0.717, 1.165) is 49.7 Å². The summed E-state index contributed by atoms with van der Waals surface area (Å²) >= 11 is 0. The van der Waals surface area contributed by atoms with Crippen LogP contribution in [0.5, 0.6) is 0 Å².